The summed E-state index contributed by atoms with van der Waals surface area (Å²) >= 11 is 5.70. The number of halogens is 7. The highest BCUT2D eigenvalue weighted by molar-refractivity contribution is 6.33. The quantitative estimate of drug-likeness (QED) is 0.453. The lowest BCUT2D eigenvalue weighted by atomic mass is 9.85. The number of pyridine rings is 1. The average molecular weight is 364 g/mol. The third kappa shape index (κ3) is 2.89. The number of aromatic nitrogens is 1. The van der Waals surface area contributed by atoms with Crippen LogP contribution in [0.15, 0.2) is 12.3 Å². The number of rotatable bonds is 2. The molecule has 2 heterocycles. The van der Waals surface area contributed by atoms with Crippen LogP contribution in [-0.2, 0) is 0 Å². The van der Waals surface area contributed by atoms with Crippen LogP contribution in [-0.4, -0.2) is 35.3 Å². The van der Waals surface area contributed by atoms with E-state index in [9.17, 15) is 36.5 Å². The van der Waals surface area contributed by atoms with Gasteiger partial charge < -0.3 is 4.90 Å². The van der Waals surface area contributed by atoms with E-state index in [2.05, 4.69) is 4.98 Å². The van der Waals surface area contributed by atoms with Crippen molar-refractivity contribution in [3.63, 3.8) is 0 Å². The molecule has 128 valence electrons. The van der Waals surface area contributed by atoms with E-state index in [0.29, 0.717) is 0 Å². The number of anilines is 1. The first-order valence-electron chi connectivity index (χ1n) is 6.07. The Bertz CT molecular complexity index is 619. The molecule has 0 amide bonds. The van der Waals surface area contributed by atoms with Gasteiger partial charge in [0.05, 0.1) is 9.95 Å². The van der Waals surface area contributed by atoms with Gasteiger partial charge in [-0.05, 0) is 6.42 Å². The number of alkyl halides is 6. The van der Waals surface area contributed by atoms with Gasteiger partial charge in [-0.15, -0.1) is 0 Å². The molecule has 0 spiro atoms. The van der Waals surface area contributed by atoms with Crippen LogP contribution in [0.5, 0.6) is 0 Å². The fourth-order valence-corrected chi connectivity index (χ4v) is 2.65. The zero-order valence-electron chi connectivity index (χ0n) is 11.1. The van der Waals surface area contributed by atoms with Crippen molar-refractivity contribution in [3.8, 4) is 0 Å². The zero-order chi connectivity index (χ0) is 17.6. The van der Waals surface area contributed by atoms with E-state index in [4.69, 9.17) is 11.6 Å². The Kier molecular flexibility index (Phi) is 4.12. The fraction of sp³-hybridized carbons (Fsp3) is 0.545. The van der Waals surface area contributed by atoms with Crippen molar-refractivity contribution < 1.29 is 31.3 Å². The van der Waals surface area contributed by atoms with Crippen LogP contribution in [0.2, 0.25) is 5.02 Å². The average Bonchev–Trinajstić information content (AvgIpc) is 2.83. The van der Waals surface area contributed by atoms with Crippen LogP contribution in [0.3, 0.4) is 0 Å². The summed E-state index contributed by atoms with van der Waals surface area (Å²) in [6.45, 7) is -1.98. The molecule has 0 aromatic carbocycles. The Morgan fingerprint density at radius 2 is 1.83 bits per heavy atom. The highest BCUT2D eigenvalue weighted by Crippen LogP contribution is 2.56. The summed E-state index contributed by atoms with van der Waals surface area (Å²) in [5.74, 6) is -0.354. The SMILES string of the molecule is O=[N+]([O-])c1cnc(N2CCC(C(F)(F)F)(C(F)(F)F)C2)c(Cl)c1. The van der Waals surface area contributed by atoms with E-state index in [1.165, 1.54) is 0 Å². The van der Waals surface area contributed by atoms with E-state index in [-0.39, 0.29) is 10.8 Å². The first kappa shape index (κ1) is 17.6. The van der Waals surface area contributed by atoms with Crippen LogP contribution in [0.25, 0.3) is 0 Å². The van der Waals surface area contributed by atoms with Gasteiger partial charge in [-0.2, -0.15) is 26.3 Å². The van der Waals surface area contributed by atoms with E-state index in [0.717, 1.165) is 17.2 Å². The number of nitro groups is 1. The number of hydrogen-bond acceptors (Lipinski definition) is 4. The van der Waals surface area contributed by atoms with Gasteiger partial charge in [0.15, 0.2) is 5.41 Å². The van der Waals surface area contributed by atoms with Gasteiger partial charge in [-0.1, -0.05) is 11.6 Å². The molecule has 0 N–H and O–H groups in total. The second-order valence-corrected chi connectivity index (χ2v) is 5.41. The van der Waals surface area contributed by atoms with E-state index >= 15 is 0 Å². The summed E-state index contributed by atoms with van der Waals surface area (Å²) in [6, 6.07) is 0.824. The lowest BCUT2D eigenvalue weighted by Crippen LogP contribution is -2.51. The summed E-state index contributed by atoms with van der Waals surface area (Å²) in [5, 5.41) is 10.2. The Morgan fingerprint density at radius 1 is 1.26 bits per heavy atom. The summed E-state index contributed by atoms with van der Waals surface area (Å²) in [7, 11) is 0. The molecule has 1 saturated heterocycles. The molecule has 0 aliphatic carbocycles. The lowest BCUT2D eigenvalue weighted by Gasteiger charge is -2.33. The molecule has 0 unspecified atom stereocenters. The van der Waals surface area contributed by atoms with Crippen molar-refractivity contribution in [2.75, 3.05) is 18.0 Å². The third-order valence-corrected chi connectivity index (χ3v) is 3.95. The summed E-state index contributed by atoms with van der Waals surface area (Å²) < 4.78 is 77.9. The van der Waals surface area contributed by atoms with E-state index < -0.39 is 47.9 Å². The minimum atomic E-state index is -5.49. The third-order valence-electron chi connectivity index (χ3n) is 3.67. The predicted molar refractivity (Wildman–Crippen MR) is 67.3 cm³/mol. The molecule has 1 aromatic heterocycles. The van der Waals surface area contributed by atoms with Crippen molar-refractivity contribution in [2.45, 2.75) is 18.8 Å². The van der Waals surface area contributed by atoms with Crippen molar-refractivity contribution in [2.24, 2.45) is 5.41 Å². The highest BCUT2D eigenvalue weighted by Gasteiger charge is 2.72. The zero-order valence-corrected chi connectivity index (χ0v) is 11.8. The fourth-order valence-electron chi connectivity index (χ4n) is 2.37. The minimum absolute atomic E-state index is 0.354. The lowest BCUT2D eigenvalue weighted by molar-refractivity contribution is -0.385. The molecule has 23 heavy (non-hydrogen) atoms. The first-order valence-corrected chi connectivity index (χ1v) is 6.45. The molecule has 0 saturated carbocycles. The molecule has 1 aromatic rings. The summed E-state index contributed by atoms with van der Waals surface area (Å²) in [4.78, 5) is 14.0. The molecule has 2 rings (SSSR count). The van der Waals surface area contributed by atoms with Crippen molar-refractivity contribution in [3.05, 3.63) is 27.4 Å². The molecule has 1 aliphatic rings. The molecule has 1 aliphatic heterocycles. The van der Waals surface area contributed by atoms with Crippen molar-refractivity contribution in [1.82, 2.24) is 4.98 Å². The Morgan fingerprint density at radius 3 is 2.22 bits per heavy atom. The molecule has 0 bridgehead atoms. The summed E-state index contributed by atoms with van der Waals surface area (Å²) in [6.07, 6.45) is -11.5. The normalized spacial score (nSPS) is 18.3. The molecular weight excluding hydrogens is 356 g/mol. The van der Waals surface area contributed by atoms with Gasteiger partial charge >= 0.3 is 12.4 Å². The van der Waals surface area contributed by atoms with Gasteiger partial charge in [0.2, 0.25) is 0 Å². The summed E-state index contributed by atoms with van der Waals surface area (Å²) in [5.41, 5.74) is -4.40. The molecular formula is C11H8ClF6N3O2. The smallest absolute Gasteiger partial charge is 0.354 e. The van der Waals surface area contributed by atoms with Crippen LogP contribution in [0.4, 0.5) is 37.8 Å². The van der Waals surface area contributed by atoms with E-state index in [1.54, 1.807) is 0 Å². The molecule has 12 heteroatoms. The number of hydrogen-bond donors (Lipinski definition) is 0. The van der Waals surface area contributed by atoms with Gasteiger partial charge in [0.25, 0.3) is 5.69 Å². The Balaban J connectivity index is 2.37. The maximum Gasteiger partial charge on any atom is 0.404 e. The van der Waals surface area contributed by atoms with Crippen LogP contribution >= 0.6 is 11.6 Å². The van der Waals surface area contributed by atoms with Crippen LogP contribution in [0.1, 0.15) is 6.42 Å². The van der Waals surface area contributed by atoms with Gasteiger partial charge in [0, 0.05) is 19.2 Å². The Labute approximate surface area is 130 Å². The Hall–Kier alpha value is -1.78. The molecule has 0 radical (unpaired) electrons. The standard InChI is InChI=1S/C11H8ClF6N3O2/c12-7-3-6(21(22)23)4-19-8(7)20-2-1-9(5-20,10(13,14)15)11(16,17)18/h3-4H,1-2,5H2. The monoisotopic (exact) mass is 363 g/mol. The molecule has 0 atom stereocenters. The first-order chi connectivity index (χ1) is 10.4. The van der Waals surface area contributed by atoms with Crippen LogP contribution in [0, 0.1) is 15.5 Å². The highest BCUT2D eigenvalue weighted by atomic mass is 35.5. The van der Waals surface area contributed by atoms with Crippen LogP contribution < -0.4 is 4.90 Å². The maximum atomic E-state index is 13.0. The largest absolute Gasteiger partial charge is 0.404 e. The molecule has 1 fully saturated rings. The second-order valence-electron chi connectivity index (χ2n) is 5.01. The topological polar surface area (TPSA) is 59.3 Å². The predicted octanol–water partition coefficient (Wildman–Crippen LogP) is 3.96. The molecule has 5 nitrogen and oxygen atoms in total. The number of nitrogens with zero attached hydrogens (tertiary/aromatic N) is 3. The van der Waals surface area contributed by atoms with Gasteiger partial charge in [0.1, 0.15) is 12.0 Å². The maximum absolute atomic E-state index is 13.0. The van der Waals surface area contributed by atoms with E-state index in [1.807, 2.05) is 0 Å². The van der Waals surface area contributed by atoms with Crippen molar-refractivity contribution in [1.29, 1.82) is 0 Å². The van der Waals surface area contributed by atoms with Crippen molar-refractivity contribution >= 4 is 23.1 Å². The second kappa shape index (κ2) is 5.39. The minimum Gasteiger partial charge on any atom is -0.354 e. The van der Waals surface area contributed by atoms with Gasteiger partial charge in [-0.3, -0.25) is 10.1 Å². The van der Waals surface area contributed by atoms with Gasteiger partial charge in [-0.25, -0.2) is 4.98 Å².